The van der Waals surface area contributed by atoms with Crippen LogP contribution in [0.3, 0.4) is 0 Å². The van der Waals surface area contributed by atoms with Crippen LogP contribution in [0.5, 0.6) is 17.2 Å². The lowest BCUT2D eigenvalue weighted by Crippen LogP contribution is -2.31. The number of hydrogen-bond acceptors (Lipinski definition) is 6. The molecule has 0 fully saturated rings. The number of carbonyl (C=O) groups is 3. The van der Waals surface area contributed by atoms with Gasteiger partial charge in [0.15, 0.2) is 11.5 Å². The van der Waals surface area contributed by atoms with Crippen LogP contribution in [0.25, 0.3) is 22.0 Å². The second kappa shape index (κ2) is 12.3. The van der Waals surface area contributed by atoms with Gasteiger partial charge in [-0.15, -0.1) is 0 Å². The zero-order chi connectivity index (χ0) is 29.0. The van der Waals surface area contributed by atoms with Crippen molar-refractivity contribution >= 4 is 39.8 Å². The van der Waals surface area contributed by atoms with Crippen molar-refractivity contribution in [2.24, 2.45) is 11.8 Å². The highest BCUT2D eigenvalue weighted by atomic mass is 16.5. The Hall–Kier alpha value is -4.27. The number of ether oxygens (including phenoxy) is 3. The zero-order valence-corrected chi connectivity index (χ0v) is 23.9. The third-order valence-corrected chi connectivity index (χ3v) is 7.09. The summed E-state index contributed by atoms with van der Waals surface area (Å²) in [6, 6.07) is 11.1. The minimum absolute atomic E-state index is 0.0296. The van der Waals surface area contributed by atoms with Gasteiger partial charge in [-0.1, -0.05) is 39.0 Å². The summed E-state index contributed by atoms with van der Waals surface area (Å²) in [6.07, 6.45) is 3.46. The molecule has 2 N–H and O–H groups in total. The number of hydrogen-bond donors (Lipinski definition) is 2. The molecule has 3 aromatic rings. The number of amides is 3. The van der Waals surface area contributed by atoms with E-state index in [-0.39, 0.29) is 23.0 Å². The molecule has 0 saturated carbocycles. The molecule has 1 aromatic heterocycles. The molecule has 1 atom stereocenters. The second-order valence-corrected chi connectivity index (χ2v) is 10.4. The third kappa shape index (κ3) is 5.68. The molecule has 1 aliphatic heterocycles. The number of benzene rings is 2. The highest BCUT2D eigenvalue weighted by Gasteiger charge is 2.35. The number of aryl methyl sites for hydroxylation is 1. The number of rotatable bonds is 12. The van der Waals surface area contributed by atoms with Crippen molar-refractivity contribution in [1.29, 1.82) is 0 Å². The van der Waals surface area contributed by atoms with Crippen LogP contribution in [0.1, 0.15) is 44.7 Å². The van der Waals surface area contributed by atoms with E-state index in [1.807, 2.05) is 37.4 Å². The van der Waals surface area contributed by atoms with Crippen molar-refractivity contribution < 1.29 is 28.6 Å². The van der Waals surface area contributed by atoms with Crippen LogP contribution in [-0.2, 0) is 20.9 Å². The number of nitrogens with zero attached hydrogens (tertiary/aromatic N) is 1. The number of fused-ring (bicyclic) bond motifs is 1. The average molecular weight is 548 g/mol. The van der Waals surface area contributed by atoms with Gasteiger partial charge in [0.2, 0.25) is 11.7 Å². The van der Waals surface area contributed by atoms with E-state index < -0.39 is 11.8 Å². The summed E-state index contributed by atoms with van der Waals surface area (Å²) >= 11 is 0. The predicted octanol–water partition coefficient (Wildman–Crippen LogP) is 4.42. The fourth-order valence-corrected chi connectivity index (χ4v) is 5.29. The fourth-order valence-electron chi connectivity index (χ4n) is 5.29. The van der Waals surface area contributed by atoms with Crippen LogP contribution in [-0.4, -0.2) is 50.2 Å². The maximum atomic E-state index is 13.2. The first-order valence-electron chi connectivity index (χ1n) is 13.5. The lowest BCUT2D eigenvalue weighted by Gasteiger charge is -2.14. The van der Waals surface area contributed by atoms with E-state index in [2.05, 4.69) is 29.0 Å². The smallest absolute Gasteiger partial charge is 0.259 e. The molecule has 0 spiro atoms. The number of methoxy groups -OCH3 is 3. The van der Waals surface area contributed by atoms with E-state index in [0.717, 1.165) is 17.3 Å². The molecule has 4 rings (SSSR count). The molecule has 2 heterocycles. The number of carbonyl (C=O) groups excluding carboxylic acids is 3. The number of para-hydroxylation sites is 1. The first kappa shape index (κ1) is 28.7. The average Bonchev–Trinajstić information content (AvgIpc) is 3.44. The zero-order valence-electron chi connectivity index (χ0n) is 23.9. The Kier molecular flexibility index (Phi) is 8.82. The van der Waals surface area contributed by atoms with Crippen LogP contribution in [0.2, 0.25) is 0 Å². The van der Waals surface area contributed by atoms with Gasteiger partial charge >= 0.3 is 0 Å². The van der Waals surface area contributed by atoms with Crippen molar-refractivity contribution in [3.63, 3.8) is 0 Å². The summed E-state index contributed by atoms with van der Waals surface area (Å²) in [4.78, 5) is 38.7. The van der Waals surface area contributed by atoms with Crippen LogP contribution < -0.4 is 24.8 Å². The molecular formula is C31H37N3O6. The van der Waals surface area contributed by atoms with Crippen molar-refractivity contribution in [3.8, 4) is 17.2 Å². The normalized spacial score (nSPS) is 14.1. The molecule has 0 saturated heterocycles. The molecule has 1 unspecified atom stereocenters. The number of nitrogens with one attached hydrogen (secondary N) is 2. The molecule has 0 aliphatic carbocycles. The molecule has 0 radical (unpaired) electrons. The second-order valence-electron chi connectivity index (χ2n) is 10.4. The Morgan fingerprint density at radius 2 is 1.60 bits per heavy atom. The first-order chi connectivity index (χ1) is 19.2. The first-order valence-corrected chi connectivity index (χ1v) is 13.5. The predicted molar refractivity (Wildman–Crippen MR) is 154 cm³/mol. The van der Waals surface area contributed by atoms with Gasteiger partial charge in [0.1, 0.15) is 0 Å². The van der Waals surface area contributed by atoms with Gasteiger partial charge in [-0.2, -0.15) is 0 Å². The van der Waals surface area contributed by atoms with Gasteiger partial charge < -0.3 is 24.1 Å². The van der Waals surface area contributed by atoms with Crippen molar-refractivity contribution in [1.82, 2.24) is 15.2 Å². The molecule has 0 bridgehead atoms. The SMILES string of the molecule is COc1cc(C2=C(c3cn(CCCNC(=O)C(C)CC(C)C)c4ccccc34)C(=O)NC2=O)cc(OC)c1OC. The van der Waals surface area contributed by atoms with E-state index in [1.54, 1.807) is 12.1 Å². The third-order valence-electron chi connectivity index (χ3n) is 7.09. The molecule has 212 valence electrons. The lowest BCUT2D eigenvalue weighted by molar-refractivity contribution is -0.125. The minimum atomic E-state index is -0.496. The summed E-state index contributed by atoms with van der Waals surface area (Å²) in [5.41, 5.74) is 2.57. The molecule has 2 aromatic carbocycles. The standard InChI is InChI=1S/C31H37N3O6/c1-18(2)14-19(3)29(35)32-12-9-13-34-17-22(21-10-7-8-11-23(21)34)27-26(30(36)33-31(27)37)20-15-24(38-4)28(40-6)25(16-20)39-5/h7-8,10-11,15-19H,9,12-14H2,1-6H3,(H,32,35)(H,33,36,37). The van der Waals surface area contributed by atoms with Crippen LogP contribution >= 0.6 is 0 Å². The molecular weight excluding hydrogens is 510 g/mol. The maximum absolute atomic E-state index is 13.2. The monoisotopic (exact) mass is 547 g/mol. The van der Waals surface area contributed by atoms with Gasteiger partial charge in [0.25, 0.3) is 11.8 Å². The Balaban J connectivity index is 1.70. The molecule has 9 heteroatoms. The van der Waals surface area contributed by atoms with Gasteiger partial charge in [0, 0.05) is 41.7 Å². The van der Waals surface area contributed by atoms with Crippen LogP contribution in [0, 0.1) is 11.8 Å². The van der Waals surface area contributed by atoms with Crippen LogP contribution in [0.4, 0.5) is 0 Å². The Labute approximate surface area is 234 Å². The quantitative estimate of drug-likeness (QED) is 0.257. The highest BCUT2D eigenvalue weighted by Crippen LogP contribution is 2.43. The Morgan fingerprint density at radius 3 is 2.23 bits per heavy atom. The number of aromatic nitrogens is 1. The summed E-state index contributed by atoms with van der Waals surface area (Å²) in [5.74, 6) is 0.678. The van der Waals surface area contributed by atoms with E-state index in [4.69, 9.17) is 14.2 Å². The highest BCUT2D eigenvalue weighted by molar-refractivity contribution is 6.50. The van der Waals surface area contributed by atoms with E-state index in [9.17, 15) is 14.4 Å². The van der Waals surface area contributed by atoms with Crippen molar-refractivity contribution in [3.05, 3.63) is 53.7 Å². The summed E-state index contributed by atoms with van der Waals surface area (Å²) in [5, 5.41) is 6.34. The maximum Gasteiger partial charge on any atom is 0.259 e. The summed E-state index contributed by atoms with van der Waals surface area (Å²) < 4.78 is 18.5. The molecule has 3 amide bonds. The van der Waals surface area contributed by atoms with E-state index in [0.29, 0.717) is 53.8 Å². The topological polar surface area (TPSA) is 108 Å². The van der Waals surface area contributed by atoms with Gasteiger partial charge in [-0.05, 0) is 42.5 Å². The Bertz CT molecular complexity index is 1440. The largest absolute Gasteiger partial charge is 0.493 e. The van der Waals surface area contributed by atoms with Crippen LogP contribution in [0.15, 0.2) is 42.6 Å². The van der Waals surface area contributed by atoms with Gasteiger partial charge in [-0.25, -0.2) is 0 Å². The summed E-state index contributed by atoms with van der Waals surface area (Å²) in [6.45, 7) is 7.34. The molecule has 9 nitrogen and oxygen atoms in total. The Morgan fingerprint density at radius 1 is 0.950 bits per heavy atom. The lowest BCUT2D eigenvalue weighted by atomic mass is 9.95. The van der Waals surface area contributed by atoms with Crippen molar-refractivity contribution in [2.45, 2.75) is 40.2 Å². The molecule has 1 aliphatic rings. The fraction of sp³-hybridized carbons (Fsp3) is 0.387. The van der Waals surface area contributed by atoms with E-state index in [1.165, 1.54) is 21.3 Å². The van der Waals surface area contributed by atoms with E-state index >= 15 is 0 Å². The molecule has 40 heavy (non-hydrogen) atoms. The van der Waals surface area contributed by atoms with Gasteiger partial charge in [0.05, 0.1) is 32.5 Å². The minimum Gasteiger partial charge on any atom is -0.493 e. The number of imide groups is 1. The van der Waals surface area contributed by atoms with Crippen molar-refractivity contribution in [2.75, 3.05) is 27.9 Å². The summed E-state index contributed by atoms with van der Waals surface area (Å²) in [7, 11) is 4.50. The van der Waals surface area contributed by atoms with Gasteiger partial charge in [-0.3, -0.25) is 19.7 Å².